The van der Waals surface area contributed by atoms with Crippen LogP contribution >= 0.6 is 0 Å². The number of nitro groups is 1. The van der Waals surface area contributed by atoms with Crippen molar-refractivity contribution in [3.8, 4) is 0 Å². The highest BCUT2D eigenvalue weighted by Crippen LogP contribution is 2.24. The van der Waals surface area contributed by atoms with E-state index in [0.29, 0.717) is 38.2 Å². The number of benzene rings is 1. The fraction of sp³-hybridized carbons (Fsp3) is 0.417. The molecule has 0 spiro atoms. The largest absolute Gasteiger partial charge is 0.337 e. The van der Waals surface area contributed by atoms with Crippen LogP contribution in [-0.4, -0.2) is 41.9 Å². The number of hydrogen-bond acceptors (Lipinski definition) is 4. The van der Waals surface area contributed by atoms with E-state index in [1.807, 2.05) is 0 Å². The third-order valence-corrected chi connectivity index (χ3v) is 3.09. The van der Waals surface area contributed by atoms with Gasteiger partial charge in [0.1, 0.15) is 5.56 Å². The van der Waals surface area contributed by atoms with Gasteiger partial charge >= 0.3 is 0 Å². The summed E-state index contributed by atoms with van der Waals surface area (Å²) in [7, 11) is 0. The molecule has 0 atom stereocenters. The number of carbonyl (C=O) groups is 1. The topological polar surface area (TPSA) is 75.5 Å². The molecule has 0 unspecified atom stereocenters. The molecule has 8 heteroatoms. The number of amides is 1. The fourth-order valence-corrected chi connectivity index (χ4v) is 2.08. The zero-order valence-electron chi connectivity index (χ0n) is 10.6. The first-order valence-electron chi connectivity index (χ1n) is 6.14. The van der Waals surface area contributed by atoms with Crippen LogP contribution in [0.15, 0.2) is 12.1 Å². The highest BCUT2D eigenvalue weighted by atomic mass is 19.2. The maximum Gasteiger partial charge on any atom is 0.285 e. The summed E-state index contributed by atoms with van der Waals surface area (Å²) in [6.07, 6.45) is 0.698. The summed E-state index contributed by atoms with van der Waals surface area (Å²) >= 11 is 0. The molecular formula is C12H13F2N3O3. The second kappa shape index (κ2) is 5.91. The predicted molar refractivity (Wildman–Crippen MR) is 66.4 cm³/mol. The standard InChI is InChI=1S/C12H13F2N3O3/c13-9-6-8(11(17(19)20)7-10(9)14)12(18)16-4-1-2-15-3-5-16/h6-7,15H,1-5H2. The van der Waals surface area contributed by atoms with Gasteiger partial charge in [0.2, 0.25) is 0 Å². The summed E-state index contributed by atoms with van der Waals surface area (Å²) < 4.78 is 26.3. The van der Waals surface area contributed by atoms with Gasteiger partial charge in [-0.2, -0.15) is 0 Å². The molecule has 0 aromatic heterocycles. The summed E-state index contributed by atoms with van der Waals surface area (Å²) in [5.41, 5.74) is -1.14. The fourth-order valence-electron chi connectivity index (χ4n) is 2.08. The van der Waals surface area contributed by atoms with Gasteiger partial charge in [-0.3, -0.25) is 14.9 Å². The molecule has 1 aromatic carbocycles. The third kappa shape index (κ3) is 2.90. The quantitative estimate of drug-likeness (QED) is 0.656. The minimum absolute atomic E-state index is 0.370. The average molecular weight is 285 g/mol. The lowest BCUT2D eigenvalue weighted by molar-refractivity contribution is -0.385. The molecule has 108 valence electrons. The van der Waals surface area contributed by atoms with Crippen LogP contribution in [0.4, 0.5) is 14.5 Å². The molecule has 0 saturated carbocycles. The van der Waals surface area contributed by atoms with Crippen LogP contribution in [0.2, 0.25) is 0 Å². The number of rotatable bonds is 2. The summed E-state index contributed by atoms with van der Waals surface area (Å²) in [5.74, 6) is -3.27. The van der Waals surface area contributed by atoms with Crippen LogP contribution in [0.1, 0.15) is 16.8 Å². The number of hydrogen-bond donors (Lipinski definition) is 1. The van der Waals surface area contributed by atoms with Crippen LogP contribution < -0.4 is 5.32 Å². The molecule has 1 aliphatic rings. The van der Waals surface area contributed by atoms with E-state index in [9.17, 15) is 23.7 Å². The van der Waals surface area contributed by atoms with Crippen LogP contribution in [-0.2, 0) is 0 Å². The van der Waals surface area contributed by atoms with E-state index in [0.717, 1.165) is 6.54 Å². The first kappa shape index (κ1) is 14.3. The minimum Gasteiger partial charge on any atom is -0.337 e. The van der Waals surface area contributed by atoms with Crippen LogP contribution in [0.3, 0.4) is 0 Å². The lowest BCUT2D eigenvalue weighted by Gasteiger charge is -2.19. The van der Waals surface area contributed by atoms with Crippen LogP contribution in [0.5, 0.6) is 0 Å². The van der Waals surface area contributed by atoms with Gasteiger partial charge in [0.15, 0.2) is 11.6 Å². The molecule has 1 saturated heterocycles. The second-order valence-electron chi connectivity index (χ2n) is 4.44. The second-order valence-corrected chi connectivity index (χ2v) is 4.44. The number of carbonyl (C=O) groups excluding carboxylic acids is 1. The molecule has 0 aliphatic carbocycles. The van der Waals surface area contributed by atoms with Crippen molar-refractivity contribution in [1.29, 1.82) is 0 Å². The number of halogens is 2. The molecule has 1 aliphatic heterocycles. The van der Waals surface area contributed by atoms with E-state index in [4.69, 9.17) is 0 Å². The Kier molecular flexibility index (Phi) is 4.23. The van der Waals surface area contributed by atoms with Gasteiger partial charge in [-0.1, -0.05) is 0 Å². The summed E-state index contributed by atoms with van der Waals surface area (Å²) in [6.45, 7) is 2.09. The lowest BCUT2D eigenvalue weighted by Crippen LogP contribution is -2.34. The molecule has 2 rings (SSSR count). The molecule has 1 fully saturated rings. The van der Waals surface area contributed by atoms with E-state index >= 15 is 0 Å². The highest BCUT2D eigenvalue weighted by molar-refractivity contribution is 5.98. The number of nitro benzene ring substituents is 1. The first-order chi connectivity index (χ1) is 9.50. The van der Waals surface area contributed by atoms with Crippen LogP contribution in [0.25, 0.3) is 0 Å². The van der Waals surface area contributed by atoms with E-state index < -0.39 is 33.7 Å². The highest BCUT2D eigenvalue weighted by Gasteiger charge is 2.27. The third-order valence-electron chi connectivity index (χ3n) is 3.09. The van der Waals surface area contributed by atoms with Gasteiger partial charge in [0.25, 0.3) is 11.6 Å². The predicted octanol–water partition coefficient (Wildman–Crippen LogP) is 1.31. The average Bonchev–Trinajstić information content (AvgIpc) is 2.69. The lowest BCUT2D eigenvalue weighted by atomic mass is 10.1. The van der Waals surface area contributed by atoms with Crippen molar-refractivity contribution in [1.82, 2.24) is 10.2 Å². The van der Waals surface area contributed by atoms with Crippen molar-refractivity contribution in [3.05, 3.63) is 39.4 Å². The Morgan fingerprint density at radius 1 is 1.25 bits per heavy atom. The molecule has 6 nitrogen and oxygen atoms in total. The van der Waals surface area contributed by atoms with Crippen molar-refractivity contribution in [2.75, 3.05) is 26.2 Å². The number of nitrogens with one attached hydrogen (secondary N) is 1. The van der Waals surface area contributed by atoms with Gasteiger partial charge in [0, 0.05) is 19.6 Å². The van der Waals surface area contributed by atoms with Crippen LogP contribution in [0, 0.1) is 21.7 Å². The van der Waals surface area contributed by atoms with Crippen molar-refractivity contribution >= 4 is 11.6 Å². The zero-order valence-corrected chi connectivity index (χ0v) is 10.6. The number of nitrogens with zero attached hydrogens (tertiary/aromatic N) is 2. The molecule has 1 heterocycles. The molecule has 20 heavy (non-hydrogen) atoms. The Bertz CT molecular complexity index is 543. The van der Waals surface area contributed by atoms with E-state index in [1.54, 1.807) is 0 Å². The normalized spacial score (nSPS) is 15.8. The summed E-state index contributed by atoms with van der Waals surface area (Å²) in [6, 6.07) is 1.03. The van der Waals surface area contributed by atoms with Gasteiger partial charge in [0.05, 0.1) is 11.0 Å². The maximum absolute atomic E-state index is 13.2. The van der Waals surface area contributed by atoms with Crippen molar-refractivity contribution in [3.63, 3.8) is 0 Å². The molecule has 0 bridgehead atoms. The van der Waals surface area contributed by atoms with Crippen molar-refractivity contribution < 1.29 is 18.5 Å². The molecule has 1 N–H and O–H groups in total. The van der Waals surface area contributed by atoms with Gasteiger partial charge < -0.3 is 10.2 Å². The Morgan fingerprint density at radius 3 is 2.65 bits per heavy atom. The SMILES string of the molecule is O=C(c1cc(F)c(F)cc1[N+](=O)[O-])N1CCCNCC1. The van der Waals surface area contributed by atoms with Gasteiger partial charge in [-0.15, -0.1) is 0 Å². The van der Waals surface area contributed by atoms with Crippen molar-refractivity contribution in [2.24, 2.45) is 0 Å². The first-order valence-corrected chi connectivity index (χ1v) is 6.14. The molecule has 1 amide bonds. The van der Waals surface area contributed by atoms with E-state index in [-0.39, 0.29) is 0 Å². The Balaban J connectivity index is 2.37. The zero-order chi connectivity index (χ0) is 14.7. The van der Waals surface area contributed by atoms with Gasteiger partial charge in [-0.25, -0.2) is 8.78 Å². The van der Waals surface area contributed by atoms with E-state index in [1.165, 1.54) is 4.90 Å². The Labute approximate surface area is 113 Å². The molecule has 1 aromatic rings. The smallest absolute Gasteiger partial charge is 0.285 e. The maximum atomic E-state index is 13.2. The monoisotopic (exact) mass is 285 g/mol. The minimum atomic E-state index is -1.34. The van der Waals surface area contributed by atoms with Gasteiger partial charge in [-0.05, 0) is 19.0 Å². The Hall–Kier alpha value is -2.09. The molecule has 0 radical (unpaired) electrons. The summed E-state index contributed by atoms with van der Waals surface area (Å²) in [5, 5.41) is 14.0. The molecular weight excluding hydrogens is 272 g/mol. The van der Waals surface area contributed by atoms with Crippen molar-refractivity contribution in [2.45, 2.75) is 6.42 Å². The van der Waals surface area contributed by atoms with E-state index in [2.05, 4.69) is 5.32 Å². The summed E-state index contributed by atoms with van der Waals surface area (Å²) in [4.78, 5) is 23.6. The Morgan fingerprint density at radius 2 is 1.95 bits per heavy atom.